The lowest BCUT2D eigenvalue weighted by Gasteiger charge is -2.22. The van der Waals surface area contributed by atoms with Crippen LogP contribution in [0.3, 0.4) is 0 Å². The fourth-order valence-electron chi connectivity index (χ4n) is 1.32. The first-order valence-corrected chi connectivity index (χ1v) is 6.21. The van der Waals surface area contributed by atoms with Crippen molar-refractivity contribution in [3.8, 4) is 0 Å². The molecular weight excluding hydrogens is 228 g/mol. The minimum absolute atomic E-state index is 0.0112. The van der Waals surface area contributed by atoms with Gasteiger partial charge < -0.3 is 15.7 Å². The smallest absolute Gasteiger partial charge is 0.224 e. The molecule has 0 heterocycles. The van der Waals surface area contributed by atoms with Crippen LogP contribution in [0.4, 0.5) is 11.4 Å². The highest BCUT2D eigenvalue weighted by Gasteiger charge is 2.15. The summed E-state index contributed by atoms with van der Waals surface area (Å²) in [4.78, 5) is 11.2. The number of anilines is 2. The Morgan fingerprint density at radius 3 is 2.28 bits per heavy atom. The maximum absolute atomic E-state index is 11.2. The summed E-state index contributed by atoms with van der Waals surface area (Å²) in [5.74, 6) is 0.0112. The van der Waals surface area contributed by atoms with Gasteiger partial charge in [-0.15, -0.1) is 0 Å². The van der Waals surface area contributed by atoms with Crippen molar-refractivity contribution in [1.82, 2.24) is 0 Å². The second-order valence-corrected chi connectivity index (χ2v) is 5.15. The molecule has 4 nitrogen and oxygen atoms in total. The first-order chi connectivity index (χ1) is 8.46. The summed E-state index contributed by atoms with van der Waals surface area (Å²) in [5.41, 5.74) is 1.63. The Bertz CT molecular complexity index is 385. The molecule has 0 saturated carbocycles. The molecule has 1 rings (SSSR count). The van der Waals surface area contributed by atoms with E-state index in [1.54, 1.807) is 0 Å². The van der Waals surface area contributed by atoms with Gasteiger partial charge in [-0.25, -0.2) is 0 Å². The van der Waals surface area contributed by atoms with Crippen molar-refractivity contribution in [2.24, 2.45) is 5.41 Å². The van der Waals surface area contributed by atoms with Crippen LogP contribution in [0, 0.1) is 5.41 Å². The molecule has 3 N–H and O–H groups in total. The molecule has 0 aliphatic carbocycles. The van der Waals surface area contributed by atoms with Crippen LogP contribution in [-0.4, -0.2) is 24.2 Å². The number of rotatable bonds is 6. The number of nitrogens with one attached hydrogen (secondary N) is 2. The molecule has 1 aromatic carbocycles. The highest BCUT2D eigenvalue weighted by Crippen LogP contribution is 2.18. The summed E-state index contributed by atoms with van der Waals surface area (Å²) >= 11 is 0. The van der Waals surface area contributed by atoms with Crippen LogP contribution in [-0.2, 0) is 4.79 Å². The summed E-state index contributed by atoms with van der Waals surface area (Å²) in [6.07, 6.45) is 0.477. The van der Waals surface area contributed by atoms with Gasteiger partial charge in [-0.05, 0) is 24.3 Å². The SMILES string of the molecule is CCC(=O)Nc1ccc(NCC(C)(C)CO)cc1. The molecule has 0 aliphatic heterocycles. The number of hydrogen-bond donors (Lipinski definition) is 3. The third-order valence-electron chi connectivity index (χ3n) is 2.69. The molecule has 0 spiro atoms. The van der Waals surface area contributed by atoms with Crippen molar-refractivity contribution >= 4 is 17.3 Å². The Morgan fingerprint density at radius 2 is 1.78 bits per heavy atom. The highest BCUT2D eigenvalue weighted by molar-refractivity contribution is 5.90. The lowest BCUT2D eigenvalue weighted by atomic mass is 9.95. The average Bonchev–Trinajstić information content (AvgIpc) is 2.38. The van der Waals surface area contributed by atoms with Crippen LogP contribution in [0.1, 0.15) is 27.2 Å². The maximum atomic E-state index is 11.2. The number of amides is 1. The number of aliphatic hydroxyl groups is 1. The van der Waals surface area contributed by atoms with Crippen LogP contribution in [0.25, 0.3) is 0 Å². The van der Waals surface area contributed by atoms with E-state index in [4.69, 9.17) is 5.11 Å². The van der Waals surface area contributed by atoms with Crippen molar-refractivity contribution in [1.29, 1.82) is 0 Å². The summed E-state index contributed by atoms with van der Waals surface area (Å²) < 4.78 is 0. The molecular formula is C14H22N2O2. The van der Waals surface area contributed by atoms with Gasteiger partial charge in [0.15, 0.2) is 0 Å². The maximum Gasteiger partial charge on any atom is 0.224 e. The third kappa shape index (κ3) is 4.75. The topological polar surface area (TPSA) is 61.4 Å². The number of aliphatic hydroxyl groups excluding tert-OH is 1. The van der Waals surface area contributed by atoms with E-state index >= 15 is 0 Å². The van der Waals surface area contributed by atoms with E-state index in [1.165, 1.54) is 0 Å². The Balaban J connectivity index is 2.53. The number of benzene rings is 1. The molecule has 0 radical (unpaired) electrons. The van der Waals surface area contributed by atoms with Gasteiger partial charge in [0.25, 0.3) is 0 Å². The number of hydrogen-bond acceptors (Lipinski definition) is 3. The van der Waals surface area contributed by atoms with Crippen molar-refractivity contribution in [3.05, 3.63) is 24.3 Å². The highest BCUT2D eigenvalue weighted by atomic mass is 16.3. The molecule has 0 fully saturated rings. The van der Waals surface area contributed by atoms with Crippen molar-refractivity contribution in [2.75, 3.05) is 23.8 Å². The Labute approximate surface area is 108 Å². The van der Waals surface area contributed by atoms with Crippen molar-refractivity contribution in [2.45, 2.75) is 27.2 Å². The monoisotopic (exact) mass is 250 g/mol. The predicted octanol–water partition coefficient (Wildman–Crippen LogP) is 2.47. The lowest BCUT2D eigenvalue weighted by Crippen LogP contribution is -2.26. The van der Waals surface area contributed by atoms with Crippen LogP contribution in [0.15, 0.2) is 24.3 Å². The molecule has 1 amide bonds. The zero-order chi connectivity index (χ0) is 13.6. The van der Waals surface area contributed by atoms with E-state index in [2.05, 4.69) is 10.6 Å². The van der Waals surface area contributed by atoms with Crippen LogP contribution < -0.4 is 10.6 Å². The zero-order valence-corrected chi connectivity index (χ0v) is 11.3. The Hall–Kier alpha value is -1.55. The van der Waals surface area contributed by atoms with E-state index in [-0.39, 0.29) is 17.9 Å². The van der Waals surface area contributed by atoms with Gasteiger partial charge in [0.05, 0.1) is 0 Å². The Kier molecular flexibility index (Phi) is 5.16. The van der Waals surface area contributed by atoms with Crippen LogP contribution in [0.5, 0.6) is 0 Å². The molecule has 18 heavy (non-hydrogen) atoms. The lowest BCUT2D eigenvalue weighted by molar-refractivity contribution is -0.115. The van der Waals surface area contributed by atoms with Crippen LogP contribution in [0.2, 0.25) is 0 Å². The second-order valence-electron chi connectivity index (χ2n) is 5.15. The number of carbonyl (C=O) groups is 1. The largest absolute Gasteiger partial charge is 0.396 e. The minimum atomic E-state index is -0.144. The molecule has 4 heteroatoms. The predicted molar refractivity (Wildman–Crippen MR) is 74.7 cm³/mol. The quantitative estimate of drug-likeness (QED) is 0.727. The fraction of sp³-hybridized carbons (Fsp3) is 0.500. The zero-order valence-electron chi connectivity index (χ0n) is 11.3. The molecule has 1 aromatic rings. The summed E-state index contributed by atoms with van der Waals surface area (Å²) in [5, 5.41) is 15.2. The van der Waals surface area contributed by atoms with Crippen LogP contribution >= 0.6 is 0 Å². The molecule has 0 saturated heterocycles. The number of carbonyl (C=O) groups excluding carboxylic acids is 1. The fourth-order valence-corrected chi connectivity index (χ4v) is 1.32. The normalized spacial score (nSPS) is 11.1. The summed E-state index contributed by atoms with van der Waals surface area (Å²) in [6, 6.07) is 7.56. The van der Waals surface area contributed by atoms with E-state index in [1.807, 2.05) is 45.0 Å². The van der Waals surface area contributed by atoms with E-state index in [0.29, 0.717) is 13.0 Å². The molecule has 0 aliphatic rings. The standard InChI is InChI=1S/C14H22N2O2/c1-4-13(18)16-12-7-5-11(6-8-12)15-9-14(2,3)10-17/h5-8,15,17H,4,9-10H2,1-3H3,(H,16,18). The van der Waals surface area contributed by atoms with Gasteiger partial charge in [0, 0.05) is 36.4 Å². The molecule has 0 bridgehead atoms. The molecule has 0 unspecified atom stereocenters. The van der Waals surface area contributed by atoms with Gasteiger partial charge in [-0.2, -0.15) is 0 Å². The first kappa shape index (κ1) is 14.5. The summed E-state index contributed by atoms with van der Waals surface area (Å²) in [6.45, 7) is 6.66. The molecule has 100 valence electrons. The minimum Gasteiger partial charge on any atom is -0.396 e. The molecule has 0 aromatic heterocycles. The van der Waals surface area contributed by atoms with Gasteiger partial charge >= 0.3 is 0 Å². The average molecular weight is 250 g/mol. The van der Waals surface area contributed by atoms with Crippen molar-refractivity contribution < 1.29 is 9.90 Å². The van der Waals surface area contributed by atoms with Gasteiger partial charge in [-0.3, -0.25) is 4.79 Å². The third-order valence-corrected chi connectivity index (χ3v) is 2.69. The van der Waals surface area contributed by atoms with E-state index < -0.39 is 0 Å². The van der Waals surface area contributed by atoms with Gasteiger partial charge in [-0.1, -0.05) is 20.8 Å². The Morgan fingerprint density at radius 1 is 1.22 bits per heavy atom. The molecule has 0 atom stereocenters. The second kappa shape index (κ2) is 6.40. The summed E-state index contributed by atoms with van der Waals surface area (Å²) in [7, 11) is 0. The van der Waals surface area contributed by atoms with E-state index in [9.17, 15) is 4.79 Å². The van der Waals surface area contributed by atoms with Gasteiger partial charge in [0.2, 0.25) is 5.91 Å². The van der Waals surface area contributed by atoms with E-state index in [0.717, 1.165) is 11.4 Å². The first-order valence-electron chi connectivity index (χ1n) is 6.21. The van der Waals surface area contributed by atoms with Crippen molar-refractivity contribution in [3.63, 3.8) is 0 Å². The van der Waals surface area contributed by atoms with Gasteiger partial charge in [0.1, 0.15) is 0 Å².